The lowest BCUT2D eigenvalue weighted by atomic mass is 9.94. The number of nitrogens with zero attached hydrogens (tertiary/aromatic N) is 1. The highest BCUT2D eigenvalue weighted by molar-refractivity contribution is 6.05. The Morgan fingerprint density at radius 2 is 1.80 bits per heavy atom. The molecule has 2 aromatic carbocycles. The van der Waals surface area contributed by atoms with Crippen molar-refractivity contribution in [3.63, 3.8) is 0 Å². The van der Waals surface area contributed by atoms with Crippen LogP contribution in [0.5, 0.6) is 11.5 Å². The first-order valence-electron chi connectivity index (χ1n) is 15.2. The molecule has 5 rings (SSSR count). The largest absolute Gasteiger partial charge is 0.462 e. The average Bonchev–Trinajstić information content (AvgIpc) is 3.81. The Balaban J connectivity index is 1.52. The molecule has 3 aromatic rings. The van der Waals surface area contributed by atoms with Gasteiger partial charge in [-0.1, -0.05) is 23.1 Å². The molecule has 2 fully saturated rings. The van der Waals surface area contributed by atoms with Crippen molar-refractivity contribution in [3.05, 3.63) is 63.8 Å². The van der Waals surface area contributed by atoms with E-state index in [4.69, 9.17) is 30.5 Å². The predicted molar refractivity (Wildman–Crippen MR) is 165 cm³/mol. The molecule has 45 heavy (non-hydrogen) atoms. The second kappa shape index (κ2) is 14.2. The van der Waals surface area contributed by atoms with Crippen LogP contribution in [0.3, 0.4) is 0 Å². The minimum atomic E-state index is -0.950. The lowest BCUT2D eigenvalue weighted by Gasteiger charge is -2.24. The molecule has 1 aromatic heterocycles. The third kappa shape index (κ3) is 7.02. The number of nitroso groups, excluding NO2 is 1. The topological polar surface area (TPSA) is 178 Å². The van der Waals surface area contributed by atoms with Crippen molar-refractivity contribution in [2.75, 3.05) is 19.8 Å². The highest BCUT2D eigenvalue weighted by Gasteiger charge is 2.44. The summed E-state index contributed by atoms with van der Waals surface area (Å²) in [6.45, 7) is 2.39. The third-order valence-electron chi connectivity index (χ3n) is 8.40. The Bertz CT molecular complexity index is 1610. The summed E-state index contributed by atoms with van der Waals surface area (Å²) in [7, 11) is 0. The number of carbonyl (C=O) groups excluding carboxylic acids is 2. The van der Waals surface area contributed by atoms with Crippen LogP contribution < -0.4 is 21.8 Å². The van der Waals surface area contributed by atoms with Gasteiger partial charge in [-0.3, -0.25) is 9.63 Å². The number of esters is 1. The Morgan fingerprint density at radius 1 is 1.04 bits per heavy atom. The SMILES string of the molecule is CCOC(=O)c1c(C2(ON)CCCC2)oc2ccc(Oc3ccc(CC(=O)NCCON)cc3C#CC3(N=O)CCCC3)cc12. The normalized spacial score (nSPS) is 16.6. The van der Waals surface area contributed by atoms with Crippen LogP contribution >= 0.6 is 0 Å². The smallest absolute Gasteiger partial charge is 0.342 e. The number of ether oxygens (including phenoxy) is 2. The summed E-state index contributed by atoms with van der Waals surface area (Å²) in [6, 6.07) is 10.4. The molecular formula is C33H38N4O8. The highest BCUT2D eigenvalue weighted by atomic mass is 16.6. The second-order valence-corrected chi connectivity index (χ2v) is 11.4. The fourth-order valence-electron chi connectivity index (χ4n) is 6.09. The van der Waals surface area contributed by atoms with Gasteiger partial charge in [-0.15, -0.1) is 4.91 Å². The van der Waals surface area contributed by atoms with Crippen molar-refractivity contribution < 1.29 is 33.2 Å². The summed E-state index contributed by atoms with van der Waals surface area (Å²) in [6.07, 6.45) is 6.03. The van der Waals surface area contributed by atoms with Gasteiger partial charge < -0.3 is 24.0 Å². The molecular weight excluding hydrogens is 580 g/mol. The minimum absolute atomic E-state index is 0.0915. The molecule has 238 valence electrons. The fraction of sp³-hybridized carbons (Fsp3) is 0.455. The fourth-order valence-corrected chi connectivity index (χ4v) is 6.09. The third-order valence-corrected chi connectivity index (χ3v) is 8.40. The number of rotatable bonds is 12. The minimum Gasteiger partial charge on any atom is -0.462 e. The first-order valence-corrected chi connectivity index (χ1v) is 15.2. The molecule has 1 amide bonds. The van der Waals surface area contributed by atoms with E-state index in [0.717, 1.165) is 25.7 Å². The molecule has 0 saturated heterocycles. The maximum atomic E-state index is 13.2. The number of hydrogen-bond donors (Lipinski definition) is 3. The van der Waals surface area contributed by atoms with Crippen molar-refractivity contribution >= 4 is 22.8 Å². The van der Waals surface area contributed by atoms with E-state index in [1.54, 1.807) is 43.3 Å². The van der Waals surface area contributed by atoms with Crippen LogP contribution in [0.1, 0.15) is 85.5 Å². The van der Waals surface area contributed by atoms with Crippen LogP contribution in [0, 0.1) is 16.7 Å². The number of amides is 1. The first-order chi connectivity index (χ1) is 21.9. The standard InChI is InChI=1S/C33H38N4O8/c1-2-41-31(39)29-25-21-24(8-10-27(25)44-30(29)33(45-35)14-5-6-15-33)43-26-9-7-22(20-28(38)36-17-18-42-34)19-23(26)11-16-32(37-40)12-3-4-13-32/h7-10,19,21H,2-6,12-15,17-18,20,34-35H2,1H3,(H,36,38). The number of fused-ring (bicyclic) bond motifs is 1. The van der Waals surface area contributed by atoms with E-state index in [1.807, 2.05) is 0 Å². The maximum absolute atomic E-state index is 13.2. The van der Waals surface area contributed by atoms with Crippen molar-refractivity contribution in [1.82, 2.24) is 5.32 Å². The van der Waals surface area contributed by atoms with E-state index in [2.05, 4.69) is 27.2 Å². The van der Waals surface area contributed by atoms with Gasteiger partial charge in [-0.2, -0.15) is 0 Å². The van der Waals surface area contributed by atoms with E-state index in [-0.39, 0.29) is 37.6 Å². The molecule has 12 heteroatoms. The molecule has 0 aliphatic heterocycles. The number of benzene rings is 2. The zero-order valence-electron chi connectivity index (χ0n) is 25.3. The van der Waals surface area contributed by atoms with E-state index in [0.29, 0.717) is 65.0 Å². The summed E-state index contributed by atoms with van der Waals surface area (Å²) >= 11 is 0. The van der Waals surface area contributed by atoms with Gasteiger partial charge in [0.15, 0.2) is 11.3 Å². The summed E-state index contributed by atoms with van der Waals surface area (Å²) in [5.74, 6) is 17.4. The molecule has 12 nitrogen and oxygen atoms in total. The predicted octanol–water partition coefficient (Wildman–Crippen LogP) is 5.04. The van der Waals surface area contributed by atoms with Gasteiger partial charge in [-0.05, 0) is 94.2 Å². The van der Waals surface area contributed by atoms with Gasteiger partial charge in [0, 0.05) is 11.9 Å². The molecule has 0 radical (unpaired) electrons. The molecule has 0 bridgehead atoms. The Morgan fingerprint density at radius 3 is 2.49 bits per heavy atom. The van der Waals surface area contributed by atoms with Gasteiger partial charge in [0.2, 0.25) is 5.91 Å². The van der Waals surface area contributed by atoms with Gasteiger partial charge in [0.05, 0.1) is 25.2 Å². The van der Waals surface area contributed by atoms with Crippen LogP contribution in [0.15, 0.2) is 46.0 Å². The van der Waals surface area contributed by atoms with E-state index in [9.17, 15) is 14.5 Å². The van der Waals surface area contributed by atoms with Crippen LogP contribution in [-0.4, -0.2) is 37.2 Å². The molecule has 0 spiro atoms. The lowest BCUT2D eigenvalue weighted by Crippen LogP contribution is -2.31. The number of furan rings is 1. The maximum Gasteiger partial charge on any atom is 0.342 e. The molecule has 2 saturated carbocycles. The quantitative estimate of drug-likeness (QED) is 0.0819. The number of hydrogen-bond acceptors (Lipinski definition) is 11. The van der Waals surface area contributed by atoms with Gasteiger partial charge in [-0.25, -0.2) is 16.6 Å². The molecule has 0 atom stereocenters. The highest BCUT2D eigenvalue weighted by Crippen LogP contribution is 2.46. The number of nitrogens with one attached hydrogen (secondary N) is 1. The Hall–Kier alpha value is -4.28. The second-order valence-electron chi connectivity index (χ2n) is 11.4. The van der Waals surface area contributed by atoms with Crippen LogP contribution in [0.25, 0.3) is 11.0 Å². The zero-order valence-corrected chi connectivity index (χ0v) is 25.3. The summed E-state index contributed by atoms with van der Waals surface area (Å²) in [5.41, 5.74) is 0.0276. The summed E-state index contributed by atoms with van der Waals surface area (Å²) < 4.78 is 17.9. The first kappa shape index (κ1) is 32.1. The number of carbonyl (C=O) groups is 2. The van der Waals surface area contributed by atoms with Crippen LogP contribution in [0.4, 0.5) is 0 Å². The van der Waals surface area contributed by atoms with E-state index < -0.39 is 17.1 Å². The van der Waals surface area contributed by atoms with Crippen molar-refractivity contribution in [1.29, 1.82) is 0 Å². The Labute approximate surface area is 260 Å². The lowest BCUT2D eigenvalue weighted by molar-refractivity contribution is -0.120. The molecule has 0 unspecified atom stereocenters. The van der Waals surface area contributed by atoms with E-state index in [1.165, 1.54) is 0 Å². The van der Waals surface area contributed by atoms with Crippen molar-refractivity contribution in [2.24, 2.45) is 17.0 Å². The molecule has 2 aliphatic rings. The van der Waals surface area contributed by atoms with Crippen molar-refractivity contribution in [2.45, 2.75) is 75.9 Å². The summed E-state index contributed by atoms with van der Waals surface area (Å²) in [4.78, 5) is 47.4. The van der Waals surface area contributed by atoms with Crippen LogP contribution in [-0.2, 0) is 31.2 Å². The molecule has 5 N–H and O–H groups in total. The van der Waals surface area contributed by atoms with Gasteiger partial charge >= 0.3 is 5.97 Å². The molecule has 1 heterocycles. The van der Waals surface area contributed by atoms with Crippen molar-refractivity contribution in [3.8, 4) is 23.3 Å². The summed E-state index contributed by atoms with van der Waals surface area (Å²) in [5, 5.41) is 6.60. The van der Waals surface area contributed by atoms with Gasteiger partial charge in [0.1, 0.15) is 28.2 Å². The van der Waals surface area contributed by atoms with E-state index >= 15 is 0 Å². The Kier molecular flexibility index (Phi) is 10.1. The van der Waals surface area contributed by atoms with Crippen LogP contribution in [0.2, 0.25) is 0 Å². The zero-order chi connectivity index (χ0) is 31.9. The average molecular weight is 619 g/mol. The monoisotopic (exact) mass is 618 g/mol. The van der Waals surface area contributed by atoms with Gasteiger partial charge in [0.25, 0.3) is 0 Å². The number of nitrogens with two attached hydrogens (primary N) is 2. The molecule has 2 aliphatic carbocycles.